The molecular weight excluding hydrogens is 372 g/mol. The van der Waals surface area contributed by atoms with Crippen molar-refractivity contribution in [1.29, 1.82) is 0 Å². The van der Waals surface area contributed by atoms with Crippen LogP contribution in [0, 0.1) is 34.5 Å². The van der Waals surface area contributed by atoms with Crippen LogP contribution in [-0.4, -0.2) is 22.4 Å². The van der Waals surface area contributed by atoms with E-state index in [0.29, 0.717) is 12.3 Å². The van der Waals surface area contributed by atoms with Crippen molar-refractivity contribution < 1.29 is 14.9 Å². The van der Waals surface area contributed by atoms with Crippen molar-refractivity contribution in [3.63, 3.8) is 0 Å². The summed E-state index contributed by atoms with van der Waals surface area (Å²) in [7, 11) is 0. The van der Waals surface area contributed by atoms with Crippen molar-refractivity contribution in [3.05, 3.63) is 23.8 Å². The van der Waals surface area contributed by atoms with Gasteiger partial charge in [0.05, 0.1) is 6.10 Å². The Hall–Kier alpha value is -0.640. The van der Waals surface area contributed by atoms with Crippen LogP contribution >= 0.6 is 0 Å². The SMILES string of the molecule is CC(C)CCCC(C)C1CCC2C34C=CC5(CC(O)CCC5(C)C3=CCC12C)OO4. The van der Waals surface area contributed by atoms with Crippen molar-refractivity contribution in [2.24, 2.45) is 34.5 Å². The summed E-state index contributed by atoms with van der Waals surface area (Å²) in [4.78, 5) is 12.7. The van der Waals surface area contributed by atoms with Gasteiger partial charge in [-0.2, -0.15) is 0 Å². The van der Waals surface area contributed by atoms with E-state index in [1.54, 1.807) is 0 Å². The maximum absolute atomic E-state index is 10.4. The third-order valence-corrected chi connectivity index (χ3v) is 10.2. The van der Waals surface area contributed by atoms with E-state index in [4.69, 9.17) is 9.78 Å². The molecular formula is C27H42O3. The minimum Gasteiger partial charge on any atom is -0.393 e. The molecule has 3 nitrogen and oxygen atoms in total. The van der Waals surface area contributed by atoms with Crippen LogP contribution in [0.15, 0.2) is 23.8 Å². The zero-order valence-corrected chi connectivity index (χ0v) is 19.7. The molecule has 6 aliphatic rings. The minimum absolute atomic E-state index is 0.0540. The van der Waals surface area contributed by atoms with Crippen LogP contribution in [0.25, 0.3) is 0 Å². The number of allylic oxidation sites excluding steroid dienone is 1. The molecule has 2 heterocycles. The third kappa shape index (κ3) is 2.67. The smallest absolute Gasteiger partial charge is 0.147 e. The quantitative estimate of drug-likeness (QED) is 0.419. The van der Waals surface area contributed by atoms with Gasteiger partial charge in [-0.1, -0.05) is 60.0 Å². The Morgan fingerprint density at radius 3 is 2.57 bits per heavy atom. The summed E-state index contributed by atoms with van der Waals surface area (Å²) < 4.78 is 0. The van der Waals surface area contributed by atoms with E-state index in [1.807, 2.05) is 0 Å². The lowest BCUT2D eigenvalue weighted by Crippen LogP contribution is -2.69. The standard InChI is InChI=1S/C27H42O3/c1-18(2)7-6-8-19(3)21-9-10-22-24(21,4)13-12-23-25(5)14-11-20(28)17-26(25)15-16-27(22,23)30-29-26/h12,15-16,18-22,28H,6-11,13-14,17H2,1-5H3. The van der Waals surface area contributed by atoms with Gasteiger partial charge >= 0.3 is 0 Å². The molecule has 8 unspecified atom stereocenters. The van der Waals surface area contributed by atoms with Crippen LogP contribution in [0.4, 0.5) is 0 Å². The van der Waals surface area contributed by atoms with E-state index >= 15 is 0 Å². The van der Waals surface area contributed by atoms with Crippen LogP contribution in [0.2, 0.25) is 0 Å². The molecule has 4 aliphatic carbocycles. The Kier molecular flexibility index (Phi) is 4.90. The zero-order chi connectivity index (χ0) is 21.4. The molecule has 1 N–H and O–H groups in total. The Morgan fingerprint density at radius 2 is 1.87 bits per heavy atom. The van der Waals surface area contributed by atoms with Gasteiger partial charge in [0, 0.05) is 17.8 Å². The molecule has 1 saturated heterocycles. The summed E-state index contributed by atoms with van der Waals surface area (Å²) in [6.45, 7) is 12.1. The molecule has 8 atom stereocenters. The molecule has 3 heteroatoms. The van der Waals surface area contributed by atoms with Crippen LogP contribution in [0.5, 0.6) is 0 Å². The summed E-state index contributed by atoms with van der Waals surface area (Å²) in [5.74, 6) is 2.81. The maximum atomic E-state index is 10.4. The number of fused-ring (bicyclic) bond motifs is 2. The van der Waals surface area contributed by atoms with Crippen molar-refractivity contribution in [2.45, 2.75) is 110 Å². The van der Waals surface area contributed by atoms with Gasteiger partial charge in [-0.25, -0.2) is 9.78 Å². The van der Waals surface area contributed by atoms with E-state index in [-0.39, 0.29) is 16.9 Å². The van der Waals surface area contributed by atoms with Crippen LogP contribution in [-0.2, 0) is 9.78 Å². The molecule has 2 saturated carbocycles. The van der Waals surface area contributed by atoms with Crippen LogP contribution in [0.3, 0.4) is 0 Å². The van der Waals surface area contributed by atoms with Crippen LogP contribution in [0.1, 0.15) is 92.4 Å². The largest absolute Gasteiger partial charge is 0.393 e. The second-order valence-electron chi connectivity index (χ2n) is 12.3. The van der Waals surface area contributed by atoms with Gasteiger partial charge in [0.15, 0.2) is 0 Å². The van der Waals surface area contributed by atoms with Gasteiger partial charge in [0.1, 0.15) is 11.2 Å². The molecule has 30 heavy (non-hydrogen) atoms. The Morgan fingerprint density at radius 1 is 1.07 bits per heavy atom. The lowest BCUT2D eigenvalue weighted by atomic mass is 9.46. The minimum atomic E-state index is -0.492. The van der Waals surface area contributed by atoms with Crippen molar-refractivity contribution in [1.82, 2.24) is 0 Å². The van der Waals surface area contributed by atoms with Crippen molar-refractivity contribution in [3.8, 4) is 0 Å². The third-order valence-electron chi connectivity index (χ3n) is 10.2. The number of rotatable bonds is 5. The second kappa shape index (κ2) is 6.93. The molecule has 2 aliphatic heterocycles. The van der Waals surface area contributed by atoms with Gasteiger partial charge in [-0.05, 0) is 73.0 Å². The summed E-state index contributed by atoms with van der Waals surface area (Å²) in [5.41, 5.74) is 0.802. The molecule has 6 rings (SSSR count). The lowest BCUT2D eigenvalue weighted by molar-refractivity contribution is -0.455. The van der Waals surface area contributed by atoms with E-state index < -0.39 is 11.2 Å². The maximum Gasteiger partial charge on any atom is 0.147 e. The number of hydrogen-bond donors (Lipinski definition) is 1. The highest BCUT2D eigenvalue weighted by molar-refractivity contribution is 5.48. The highest BCUT2D eigenvalue weighted by Crippen LogP contribution is 2.71. The van der Waals surface area contributed by atoms with Crippen molar-refractivity contribution >= 4 is 0 Å². The van der Waals surface area contributed by atoms with Crippen molar-refractivity contribution in [2.75, 3.05) is 0 Å². The van der Waals surface area contributed by atoms with Crippen LogP contribution < -0.4 is 0 Å². The monoisotopic (exact) mass is 414 g/mol. The molecule has 0 aromatic carbocycles. The highest BCUT2D eigenvalue weighted by atomic mass is 17.2. The molecule has 168 valence electrons. The predicted molar refractivity (Wildman–Crippen MR) is 120 cm³/mol. The fraction of sp³-hybridized carbons (Fsp3) is 0.852. The molecule has 2 spiro atoms. The first-order valence-electron chi connectivity index (χ1n) is 12.6. The normalized spacial score (nSPS) is 50.1. The Labute approximate surface area is 183 Å². The van der Waals surface area contributed by atoms with Gasteiger partial charge in [0.25, 0.3) is 0 Å². The average molecular weight is 415 g/mol. The second-order valence-corrected chi connectivity index (χ2v) is 12.3. The number of hydrogen-bond acceptors (Lipinski definition) is 3. The molecule has 0 aromatic heterocycles. The predicted octanol–water partition coefficient (Wildman–Crippen LogP) is 6.37. The molecule has 0 radical (unpaired) electrons. The Bertz CT molecular complexity index is 755. The van der Waals surface area contributed by atoms with Gasteiger partial charge in [-0.3, -0.25) is 0 Å². The summed E-state index contributed by atoms with van der Waals surface area (Å²) >= 11 is 0. The van der Waals surface area contributed by atoms with Gasteiger partial charge in [-0.15, -0.1) is 0 Å². The van der Waals surface area contributed by atoms with E-state index in [2.05, 4.69) is 52.8 Å². The first-order valence-corrected chi connectivity index (χ1v) is 12.6. The molecule has 0 aromatic rings. The highest BCUT2D eigenvalue weighted by Gasteiger charge is 2.71. The number of aliphatic hydroxyl groups excluding tert-OH is 1. The first-order chi connectivity index (χ1) is 14.2. The lowest BCUT2D eigenvalue weighted by Gasteiger charge is -2.66. The first kappa shape index (κ1) is 21.2. The molecule has 3 fully saturated rings. The Balaban J connectivity index is 1.45. The number of aliphatic hydroxyl groups is 1. The average Bonchev–Trinajstić information content (AvgIpc) is 3.05. The van der Waals surface area contributed by atoms with E-state index in [9.17, 15) is 5.11 Å². The fourth-order valence-corrected chi connectivity index (χ4v) is 8.42. The zero-order valence-electron chi connectivity index (χ0n) is 19.7. The van der Waals surface area contributed by atoms with Gasteiger partial charge in [0.2, 0.25) is 0 Å². The fourth-order valence-electron chi connectivity index (χ4n) is 8.42. The van der Waals surface area contributed by atoms with E-state index in [0.717, 1.165) is 30.6 Å². The topological polar surface area (TPSA) is 38.7 Å². The molecule has 0 amide bonds. The summed E-state index contributed by atoms with van der Waals surface area (Å²) in [5, 5.41) is 10.4. The summed E-state index contributed by atoms with van der Waals surface area (Å²) in [6, 6.07) is 0. The van der Waals surface area contributed by atoms with Gasteiger partial charge < -0.3 is 5.11 Å². The summed E-state index contributed by atoms with van der Waals surface area (Å²) in [6.07, 6.45) is 17.1. The molecule has 2 bridgehead atoms. The van der Waals surface area contributed by atoms with E-state index in [1.165, 1.54) is 44.1 Å².